The number of carbonyl (C=O) groups excluding carboxylic acids is 2. The molecule has 0 bridgehead atoms. The highest BCUT2D eigenvalue weighted by atomic mass is 79.9. The minimum Gasteiger partial charge on any atom is -0.337 e. The zero-order valence-corrected chi connectivity index (χ0v) is 11.9. The molecule has 0 saturated carbocycles. The lowest BCUT2D eigenvalue weighted by atomic mass is 10.3. The van der Waals surface area contributed by atoms with Crippen LogP contribution in [0, 0.1) is 0 Å². The molecular weight excluding hydrogens is 302 g/mol. The number of hydrazine groups is 1. The van der Waals surface area contributed by atoms with E-state index in [1.54, 1.807) is 13.2 Å². The van der Waals surface area contributed by atoms with Gasteiger partial charge in [0, 0.05) is 19.8 Å². The Kier molecular flexibility index (Phi) is 5.63. The van der Waals surface area contributed by atoms with Gasteiger partial charge in [-0.25, -0.2) is 10.2 Å². The van der Waals surface area contributed by atoms with Crippen molar-refractivity contribution in [2.24, 2.45) is 7.05 Å². The molecule has 1 heterocycles. The number of unbranched alkanes of at least 4 members (excludes halogenated alkanes) is 1. The standard InChI is InChI=1S/C10H16BrN5O2/c1-3-4-5-12-10(18)14-13-9(17)8-7(11)6-16(2)15-8/h6H,3-5H2,1-2H3,(H,13,17)(H2,12,14,18). The Morgan fingerprint density at radius 2 is 2.17 bits per heavy atom. The first-order chi connectivity index (χ1) is 8.54. The maximum absolute atomic E-state index is 11.7. The molecule has 0 aliphatic carbocycles. The summed E-state index contributed by atoms with van der Waals surface area (Å²) >= 11 is 3.20. The second kappa shape index (κ2) is 7.00. The average Bonchev–Trinajstić information content (AvgIpc) is 2.66. The minimum atomic E-state index is -0.479. The van der Waals surface area contributed by atoms with Crippen LogP contribution in [0.5, 0.6) is 0 Å². The summed E-state index contributed by atoms with van der Waals surface area (Å²) in [6, 6.07) is -0.441. The predicted octanol–water partition coefficient (Wildman–Crippen LogP) is 0.927. The van der Waals surface area contributed by atoms with Gasteiger partial charge in [0.15, 0.2) is 5.69 Å². The molecule has 1 aromatic heterocycles. The summed E-state index contributed by atoms with van der Waals surface area (Å²) in [5.41, 5.74) is 4.74. The van der Waals surface area contributed by atoms with Gasteiger partial charge < -0.3 is 5.32 Å². The number of carbonyl (C=O) groups is 2. The monoisotopic (exact) mass is 317 g/mol. The Labute approximate surface area is 113 Å². The van der Waals surface area contributed by atoms with E-state index < -0.39 is 11.9 Å². The molecule has 18 heavy (non-hydrogen) atoms. The number of hydrogen-bond acceptors (Lipinski definition) is 3. The zero-order chi connectivity index (χ0) is 13.5. The molecule has 0 atom stereocenters. The third-order valence-electron chi connectivity index (χ3n) is 2.10. The Bertz CT molecular complexity index is 432. The van der Waals surface area contributed by atoms with Crippen molar-refractivity contribution in [1.29, 1.82) is 0 Å². The lowest BCUT2D eigenvalue weighted by Gasteiger charge is -2.07. The Hall–Kier alpha value is -1.57. The van der Waals surface area contributed by atoms with Gasteiger partial charge in [0.2, 0.25) is 0 Å². The number of amides is 3. The minimum absolute atomic E-state index is 0.214. The van der Waals surface area contributed by atoms with Crippen LogP contribution in [0.1, 0.15) is 30.3 Å². The normalized spacial score (nSPS) is 9.94. The van der Waals surface area contributed by atoms with Crippen molar-refractivity contribution in [3.8, 4) is 0 Å². The highest BCUT2D eigenvalue weighted by Gasteiger charge is 2.14. The first-order valence-corrected chi connectivity index (χ1v) is 6.37. The number of rotatable bonds is 4. The first kappa shape index (κ1) is 14.5. The SMILES string of the molecule is CCCCNC(=O)NNC(=O)c1nn(C)cc1Br. The zero-order valence-electron chi connectivity index (χ0n) is 10.3. The molecule has 7 nitrogen and oxygen atoms in total. The van der Waals surface area contributed by atoms with Crippen LogP contribution in [0.15, 0.2) is 10.7 Å². The molecule has 0 fully saturated rings. The summed E-state index contributed by atoms with van der Waals surface area (Å²) in [4.78, 5) is 22.9. The van der Waals surface area contributed by atoms with Gasteiger partial charge in [0.25, 0.3) is 5.91 Å². The number of urea groups is 1. The number of nitrogens with one attached hydrogen (secondary N) is 3. The van der Waals surface area contributed by atoms with Gasteiger partial charge in [-0.3, -0.25) is 14.9 Å². The number of aromatic nitrogens is 2. The van der Waals surface area contributed by atoms with Crippen LogP contribution < -0.4 is 16.2 Å². The van der Waals surface area contributed by atoms with Crippen LogP contribution in [0.4, 0.5) is 4.79 Å². The fraction of sp³-hybridized carbons (Fsp3) is 0.500. The number of aryl methyl sites for hydroxylation is 1. The van der Waals surface area contributed by atoms with Crippen LogP contribution in [0.2, 0.25) is 0 Å². The van der Waals surface area contributed by atoms with E-state index in [-0.39, 0.29) is 5.69 Å². The molecule has 3 N–H and O–H groups in total. The van der Waals surface area contributed by atoms with E-state index in [0.29, 0.717) is 11.0 Å². The molecule has 0 saturated heterocycles. The Morgan fingerprint density at radius 3 is 2.72 bits per heavy atom. The van der Waals surface area contributed by atoms with Crippen molar-refractivity contribution in [2.75, 3.05) is 6.54 Å². The summed E-state index contributed by atoms with van der Waals surface area (Å²) in [5, 5.41) is 6.56. The van der Waals surface area contributed by atoms with E-state index in [9.17, 15) is 9.59 Å². The molecule has 1 aromatic rings. The quantitative estimate of drug-likeness (QED) is 0.570. The van der Waals surface area contributed by atoms with E-state index in [2.05, 4.69) is 37.2 Å². The van der Waals surface area contributed by atoms with Crippen molar-refractivity contribution in [1.82, 2.24) is 25.9 Å². The second-order valence-electron chi connectivity index (χ2n) is 3.69. The van der Waals surface area contributed by atoms with Crippen LogP contribution in [-0.2, 0) is 7.05 Å². The van der Waals surface area contributed by atoms with E-state index >= 15 is 0 Å². The van der Waals surface area contributed by atoms with Crippen LogP contribution in [0.25, 0.3) is 0 Å². The van der Waals surface area contributed by atoms with E-state index in [1.807, 2.05) is 6.92 Å². The second-order valence-corrected chi connectivity index (χ2v) is 4.54. The maximum Gasteiger partial charge on any atom is 0.333 e. The highest BCUT2D eigenvalue weighted by Crippen LogP contribution is 2.13. The molecule has 0 aliphatic rings. The fourth-order valence-electron chi connectivity index (χ4n) is 1.21. The van der Waals surface area contributed by atoms with E-state index in [1.165, 1.54) is 4.68 Å². The maximum atomic E-state index is 11.7. The van der Waals surface area contributed by atoms with Gasteiger partial charge >= 0.3 is 6.03 Å². The van der Waals surface area contributed by atoms with Gasteiger partial charge in [0.05, 0.1) is 4.47 Å². The highest BCUT2D eigenvalue weighted by molar-refractivity contribution is 9.10. The van der Waals surface area contributed by atoms with Crippen LogP contribution in [-0.4, -0.2) is 28.3 Å². The molecule has 0 aliphatic heterocycles. The summed E-state index contributed by atoms with van der Waals surface area (Å²) in [6.07, 6.45) is 3.54. The van der Waals surface area contributed by atoms with E-state index in [0.717, 1.165) is 12.8 Å². The predicted molar refractivity (Wildman–Crippen MR) is 69.8 cm³/mol. The Balaban J connectivity index is 2.37. The largest absolute Gasteiger partial charge is 0.337 e. The molecule has 0 unspecified atom stereocenters. The molecule has 0 spiro atoms. The fourth-order valence-corrected chi connectivity index (χ4v) is 1.76. The summed E-state index contributed by atoms with van der Waals surface area (Å²) < 4.78 is 2.07. The van der Waals surface area contributed by atoms with Crippen molar-refractivity contribution in [3.63, 3.8) is 0 Å². The molecule has 3 amide bonds. The van der Waals surface area contributed by atoms with Crippen molar-refractivity contribution < 1.29 is 9.59 Å². The van der Waals surface area contributed by atoms with Gasteiger partial charge in [-0.1, -0.05) is 13.3 Å². The van der Waals surface area contributed by atoms with Gasteiger partial charge in [0.1, 0.15) is 0 Å². The van der Waals surface area contributed by atoms with Crippen LogP contribution in [0.3, 0.4) is 0 Å². The van der Waals surface area contributed by atoms with Crippen molar-refractivity contribution >= 4 is 27.9 Å². The molecular formula is C10H16BrN5O2. The summed E-state index contributed by atoms with van der Waals surface area (Å²) in [6.45, 7) is 2.60. The van der Waals surface area contributed by atoms with Crippen molar-refractivity contribution in [3.05, 3.63) is 16.4 Å². The third kappa shape index (κ3) is 4.36. The molecule has 0 aromatic carbocycles. The smallest absolute Gasteiger partial charge is 0.333 e. The van der Waals surface area contributed by atoms with Gasteiger partial charge in [-0.15, -0.1) is 0 Å². The number of hydrogen-bond donors (Lipinski definition) is 3. The molecule has 0 radical (unpaired) electrons. The lowest BCUT2D eigenvalue weighted by Crippen LogP contribution is -2.47. The number of halogens is 1. The molecule has 8 heteroatoms. The van der Waals surface area contributed by atoms with E-state index in [4.69, 9.17) is 0 Å². The lowest BCUT2D eigenvalue weighted by molar-refractivity contribution is 0.0929. The summed E-state index contributed by atoms with van der Waals surface area (Å²) in [5.74, 6) is -0.479. The third-order valence-corrected chi connectivity index (χ3v) is 2.68. The molecule has 100 valence electrons. The van der Waals surface area contributed by atoms with Crippen LogP contribution >= 0.6 is 15.9 Å². The van der Waals surface area contributed by atoms with Gasteiger partial charge in [-0.05, 0) is 22.4 Å². The molecule has 1 rings (SSSR count). The average molecular weight is 318 g/mol. The summed E-state index contributed by atoms with van der Waals surface area (Å²) in [7, 11) is 1.70. The number of nitrogens with zero attached hydrogens (tertiary/aromatic N) is 2. The first-order valence-electron chi connectivity index (χ1n) is 5.58. The van der Waals surface area contributed by atoms with Gasteiger partial charge in [-0.2, -0.15) is 5.10 Å². The Morgan fingerprint density at radius 1 is 1.44 bits per heavy atom. The topological polar surface area (TPSA) is 88.1 Å². The van der Waals surface area contributed by atoms with Crippen molar-refractivity contribution in [2.45, 2.75) is 19.8 Å².